The molecule has 1 saturated heterocycles. The molecule has 1 atom stereocenters. The smallest absolute Gasteiger partial charge is 0.221 e. The number of likely N-dealkylation sites (tertiary alicyclic amines) is 1. The Morgan fingerprint density at radius 2 is 2.26 bits per heavy atom. The predicted molar refractivity (Wildman–Crippen MR) is 94.6 cm³/mol. The molecular weight excluding hydrogens is 314 g/mol. The molecule has 3 N–H and O–H groups in total. The van der Waals surface area contributed by atoms with Crippen LogP contribution >= 0.6 is 12.4 Å². The molecule has 0 aliphatic carbocycles. The summed E-state index contributed by atoms with van der Waals surface area (Å²) in [6.07, 6.45) is 5.88. The maximum atomic E-state index is 11.6. The molecule has 1 fully saturated rings. The molecule has 1 aromatic rings. The highest BCUT2D eigenvalue weighted by atomic mass is 35.5. The molecule has 2 rings (SSSR count). The van der Waals surface area contributed by atoms with E-state index < -0.39 is 0 Å². The topological polar surface area (TPSA) is 76.2 Å². The number of nitrogens with two attached hydrogens (primary N) is 1. The van der Waals surface area contributed by atoms with Gasteiger partial charge in [0.1, 0.15) is 0 Å². The minimum atomic E-state index is 0. The highest BCUT2D eigenvalue weighted by Gasteiger charge is 2.24. The van der Waals surface area contributed by atoms with Crippen molar-refractivity contribution in [2.24, 2.45) is 5.73 Å². The van der Waals surface area contributed by atoms with Gasteiger partial charge in [-0.25, -0.2) is 0 Å². The molecule has 1 aliphatic rings. The zero-order valence-corrected chi connectivity index (χ0v) is 15.0. The fraction of sp³-hybridized carbons (Fsp3) is 0.750. The van der Waals surface area contributed by atoms with Gasteiger partial charge in [-0.1, -0.05) is 6.42 Å². The van der Waals surface area contributed by atoms with E-state index in [1.54, 1.807) is 0 Å². The van der Waals surface area contributed by atoms with Gasteiger partial charge in [-0.15, -0.1) is 12.4 Å². The van der Waals surface area contributed by atoms with E-state index in [1.165, 1.54) is 18.5 Å². The zero-order chi connectivity index (χ0) is 15.9. The molecule has 23 heavy (non-hydrogen) atoms. The van der Waals surface area contributed by atoms with Crippen molar-refractivity contribution in [2.75, 3.05) is 19.6 Å². The first kappa shape index (κ1) is 19.9. The number of carbonyl (C=O) groups is 1. The number of aromatic nitrogens is 2. The second-order valence-corrected chi connectivity index (χ2v) is 6.32. The van der Waals surface area contributed by atoms with Gasteiger partial charge in [-0.05, 0) is 39.3 Å². The van der Waals surface area contributed by atoms with E-state index >= 15 is 0 Å². The molecule has 7 heteroatoms. The van der Waals surface area contributed by atoms with Gasteiger partial charge in [0.25, 0.3) is 0 Å². The quantitative estimate of drug-likeness (QED) is 0.790. The molecule has 1 unspecified atom stereocenters. The van der Waals surface area contributed by atoms with Crippen molar-refractivity contribution in [3.8, 4) is 0 Å². The van der Waals surface area contributed by atoms with Crippen LogP contribution in [0.15, 0.2) is 12.3 Å². The molecule has 6 nitrogen and oxygen atoms in total. The molecule has 2 heterocycles. The van der Waals surface area contributed by atoms with Gasteiger partial charge in [-0.2, -0.15) is 5.10 Å². The molecule has 0 spiro atoms. The Labute approximate surface area is 145 Å². The Hall–Kier alpha value is -1.11. The lowest BCUT2D eigenvalue weighted by atomic mass is 10.0. The fourth-order valence-corrected chi connectivity index (χ4v) is 3.09. The van der Waals surface area contributed by atoms with E-state index in [1.807, 2.05) is 6.20 Å². The van der Waals surface area contributed by atoms with Gasteiger partial charge in [0.05, 0.1) is 5.69 Å². The molecule has 1 aromatic heterocycles. The zero-order valence-electron chi connectivity index (χ0n) is 14.2. The average Bonchev–Trinajstić information content (AvgIpc) is 2.95. The van der Waals surface area contributed by atoms with Crippen LogP contribution in [0.5, 0.6) is 0 Å². The summed E-state index contributed by atoms with van der Waals surface area (Å²) in [6, 6.07) is 2.88. The molecule has 0 radical (unpaired) electrons. The number of hydrogen-bond donors (Lipinski definition) is 2. The summed E-state index contributed by atoms with van der Waals surface area (Å²) < 4.78 is 2.08. The predicted octanol–water partition coefficient (Wildman–Crippen LogP) is 1.71. The van der Waals surface area contributed by atoms with E-state index in [2.05, 4.69) is 39.9 Å². The third-order valence-corrected chi connectivity index (χ3v) is 4.26. The van der Waals surface area contributed by atoms with Crippen molar-refractivity contribution >= 4 is 18.3 Å². The average molecular weight is 344 g/mol. The number of nitrogens with zero attached hydrogens (tertiary/aromatic N) is 3. The number of carbonyl (C=O) groups excluding carboxylic acids is 1. The van der Waals surface area contributed by atoms with Crippen molar-refractivity contribution in [1.29, 1.82) is 0 Å². The van der Waals surface area contributed by atoms with Crippen LogP contribution in [-0.2, 0) is 11.3 Å². The maximum Gasteiger partial charge on any atom is 0.221 e. The van der Waals surface area contributed by atoms with Crippen LogP contribution in [0.25, 0.3) is 0 Å². The number of nitrogens with one attached hydrogen (secondary N) is 1. The van der Waals surface area contributed by atoms with E-state index in [0.717, 1.165) is 19.5 Å². The highest BCUT2D eigenvalue weighted by molar-refractivity contribution is 5.85. The Kier molecular flexibility index (Phi) is 8.58. The van der Waals surface area contributed by atoms with Crippen molar-refractivity contribution in [3.05, 3.63) is 18.0 Å². The first-order chi connectivity index (χ1) is 10.6. The molecule has 1 aliphatic heterocycles. The van der Waals surface area contributed by atoms with Crippen molar-refractivity contribution in [3.63, 3.8) is 0 Å². The van der Waals surface area contributed by atoms with Crippen LogP contribution in [0, 0.1) is 0 Å². The van der Waals surface area contributed by atoms with Crippen LogP contribution < -0.4 is 11.1 Å². The van der Waals surface area contributed by atoms with E-state index in [0.29, 0.717) is 31.6 Å². The van der Waals surface area contributed by atoms with Crippen LogP contribution in [0.2, 0.25) is 0 Å². The third kappa shape index (κ3) is 5.79. The van der Waals surface area contributed by atoms with Gasteiger partial charge in [0.2, 0.25) is 5.91 Å². The lowest BCUT2D eigenvalue weighted by Gasteiger charge is -2.36. The summed E-state index contributed by atoms with van der Waals surface area (Å²) in [5, 5.41) is 7.43. The summed E-state index contributed by atoms with van der Waals surface area (Å²) >= 11 is 0. The van der Waals surface area contributed by atoms with Crippen LogP contribution in [0.1, 0.15) is 51.3 Å². The number of amides is 1. The third-order valence-electron chi connectivity index (χ3n) is 4.26. The minimum Gasteiger partial charge on any atom is -0.354 e. The Bertz CT molecular complexity index is 477. The maximum absolute atomic E-state index is 11.6. The Morgan fingerprint density at radius 3 is 2.96 bits per heavy atom. The molecule has 0 saturated carbocycles. The summed E-state index contributed by atoms with van der Waals surface area (Å²) in [4.78, 5) is 14.1. The van der Waals surface area contributed by atoms with Gasteiger partial charge in [-0.3, -0.25) is 14.4 Å². The lowest BCUT2D eigenvalue weighted by Crippen LogP contribution is -2.46. The van der Waals surface area contributed by atoms with Gasteiger partial charge in [0.15, 0.2) is 0 Å². The number of hydrogen-bond acceptors (Lipinski definition) is 4. The molecular formula is C16H30ClN5O. The summed E-state index contributed by atoms with van der Waals surface area (Å²) in [5.41, 5.74) is 6.67. The second kappa shape index (κ2) is 9.90. The molecule has 0 aromatic carbocycles. The normalized spacial score (nSPS) is 18.7. The Balaban J connectivity index is 0.00000264. The van der Waals surface area contributed by atoms with Gasteiger partial charge in [0, 0.05) is 44.3 Å². The SMILES string of the molecule is CC(C)n1nccc1CN1CCCCC1CNC(=O)CCN.Cl. The Morgan fingerprint density at radius 1 is 1.48 bits per heavy atom. The van der Waals surface area contributed by atoms with Crippen LogP contribution in [0.4, 0.5) is 0 Å². The van der Waals surface area contributed by atoms with E-state index in [4.69, 9.17) is 5.73 Å². The molecule has 1 amide bonds. The van der Waals surface area contributed by atoms with Crippen molar-refractivity contribution in [2.45, 2.75) is 58.2 Å². The summed E-state index contributed by atoms with van der Waals surface area (Å²) in [7, 11) is 0. The van der Waals surface area contributed by atoms with Gasteiger partial charge >= 0.3 is 0 Å². The summed E-state index contributed by atoms with van der Waals surface area (Å²) in [6.45, 7) is 7.41. The van der Waals surface area contributed by atoms with E-state index in [9.17, 15) is 4.79 Å². The number of rotatable bonds is 7. The molecule has 132 valence electrons. The first-order valence-electron chi connectivity index (χ1n) is 8.35. The van der Waals surface area contributed by atoms with Crippen LogP contribution in [-0.4, -0.2) is 46.3 Å². The minimum absolute atomic E-state index is 0. The molecule has 0 bridgehead atoms. The highest BCUT2D eigenvalue weighted by Crippen LogP contribution is 2.20. The second-order valence-electron chi connectivity index (χ2n) is 6.32. The fourth-order valence-electron chi connectivity index (χ4n) is 3.09. The summed E-state index contributed by atoms with van der Waals surface area (Å²) in [5.74, 6) is 0.0558. The van der Waals surface area contributed by atoms with Crippen molar-refractivity contribution < 1.29 is 4.79 Å². The number of piperidine rings is 1. The van der Waals surface area contributed by atoms with Crippen LogP contribution in [0.3, 0.4) is 0 Å². The number of halogens is 1. The standard InChI is InChI=1S/C16H29N5O.ClH/c1-13(2)21-15(7-9-19-21)12-20-10-4-3-5-14(20)11-18-16(22)6-8-17;/h7,9,13-14H,3-6,8,10-12,17H2,1-2H3,(H,18,22);1H. The van der Waals surface area contributed by atoms with E-state index in [-0.39, 0.29) is 18.3 Å². The monoisotopic (exact) mass is 343 g/mol. The lowest BCUT2D eigenvalue weighted by molar-refractivity contribution is -0.121. The first-order valence-corrected chi connectivity index (χ1v) is 8.35. The van der Waals surface area contributed by atoms with Crippen molar-refractivity contribution in [1.82, 2.24) is 20.0 Å². The largest absolute Gasteiger partial charge is 0.354 e. The van der Waals surface area contributed by atoms with Gasteiger partial charge < -0.3 is 11.1 Å².